The molecule has 0 spiro atoms. The number of carbonyl (C=O) groups excluding carboxylic acids is 1. The molecule has 2 atom stereocenters. The zero-order valence-corrected chi connectivity index (χ0v) is 17.8. The lowest BCUT2D eigenvalue weighted by atomic mass is 10.3. The van der Waals surface area contributed by atoms with E-state index in [0.29, 0.717) is 5.25 Å². The van der Waals surface area contributed by atoms with Crippen molar-refractivity contribution in [2.75, 3.05) is 18.6 Å². The summed E-state index contributed by atoms with van der Waals surface area (Å²) in [7, 11) is 0. The van der Waals surface area contributed by atoms with Gasteiger partial charge in [0.1, 0.15) is 10.7 Å². The molecule has 0 aliphatic carbocycles. The summed E-state index contributed by atoms with van der Waals surface area (Å²) in [6, 6.07) is 0. The van der Waals surface area contributed by atoms with Crippen LogP contribution in [0.25, 0.3) is 0 Å². The zero-order valence-electron chi connectivity index (χ0n) is 14.6. The average Bonchev–Trinajstić information content (AvgIpc) is 2.27. The van der Waals surface area contributed by atoms with Crippen LogP contribution in [0, 0.1) is 0 Å². The average molecular weight is 412 g/mol. The second-order valence-corrected chi connectivity index (χ2v) is 9.05. The van der Waals surface area contributed by atoms with Crippen molar-refractivity contribution in [3.63, 3.8) is 0 Å². The van der Waals surface area contributed by atoms with Crippen molar-refractivity contribution in [2.45, 2.75) is 77.2 Å². The maximum absolute atomic E-state index is 9.44. The number of thiol groups is 1. The van der Waals surface area contributed by atoms with Gasteiger partial charge in [0.05, 0.1) is 5.34 Å². The third-order valence-electron chi connectivity index (χ3n) is 2.01. The molecule has 1 aliphatic rings. The number of hydrogen-bond donors (Lipinski definition) is 2. The van der Waals surface area contributed by atoms with E-state index >= 15 is 0 Å². The molecule has 1 saturated heterocycles. The van der Waals surface area contributed by atoms with E-state index in [2.05, 4.69) is 33.4 Å². The number of Topliss-reactive ketones (excluding diaryl/α,β-unsaturated/α-hetero) is 1. The number of hydrogen-bond acceptors (Lipinski definition) is 5. The Labute approximate surface area is 163 Å². The van der Waals surface area contributed by atoms with Crippen molar-refractivity contribution in [3.8, 4) is 0 Å². The zero-order chi connectivity index (χ0) is 18.2. The Hall–Kier alpha value is 0.870. The Morgan fingerprint density at radius 2 is 1.83 bits per heavy atom. The first kappa shape index (κ1) is 31.6. The highest BCUT2D eigenvalue weighted by atomic mass is 35.5. The van der Waals surface area contributed by atoms with Crippen LogP contribution in [-0.4, -0.2) is 44.9 Å². The molecule has 1 fully saturated rings. The van der Waals surface area contributed by atoms with E-state index in [4.69, 9.17) is 33.0 Å². The number of aliphatic hydroxyl groups excluding tert-OH is 1. The Morgan fingerprint density at radius 3 is 1.96 bits per heavy atom. The quantitative estimate of drug-likeness (QED) is 0.458. The predicted octanol–water partition coefficient (Wildman–Crippen LogP) is 5.60. The lowest BCUT2D eigenvalue weighted by molar-refractivity contribution is -0.114. The van der Waals surface area contributed by atoms with Crippen molar-refractivity contribution >= 4 is 53.4 Å². The third kappa shape index (κ3) is 39.6. The molecule has 0 saturated carbocycles. The van der Waals surface area contributed by atoms with Crippen LogP contribution in [0.4, 0.5) is 0 Å². The minimum atomic E-state index is 0. The molecule has 3 nitrogen and oxygen atoms in total. The molecule has 1 heterocycles. The summed E-state index contributed by atoms with van der Waals surface area (Å²) in [4.78, 5) is 9.51. The van der Waals surface area contributed by atoms with Gasteiger partial charge >= 0.3 is 0 Å². The predicted molar refractivity (Wildman–Crippen MR) is 112 cm³/mol. The van der Waals surface area contributed by atoms with Gasteiger partial charge in [-0.25, -0.2) is 0 Å². The lowest BCUT2D eigenvalue weighted by Gasteiger charge is -2.33. The number of rotatable bonds is 2. The SMILES string of the molecule is C.CC(C)=O.CC(S)CCO.CC1CCOC(C)(C)S1.ClCCl. The fourth-order valence-electron chi connectivity index (χ4n) is 1.23. The first-order valence-electron chi connectivity index (χ1n) is 7.22. The molecule has 0 bridgehead atoms. The van der Waals surface area contributed by atoms with Crippen LogP contribution in [0.5, 0.6) is 0 Å². The summed E-state index contributed by atoms with van der Waals surface area (Å²) >= 11 is 15.5. The summed E-state index contributed by atoms with van der Waals surface area (Å²) in [6.07, 6.45) is 2.00. The van der Waals surface area contributed by atoms with E-state index in [9.17, 15) is 4.79 Å². The summed E-state index contributed by atoms with van der Waals surface area (Å²) in [6.45, 7) is 12.7. The normalized spacial score (nSPS) is 19.1. The molecule has 144 valence electrons. The monoisotopic (exact) mass is 410 g/mol. The van der Waals surface area contributed by atoms with Gasteiger partial charge < -0.3 is 14.6 Å². The molecule has 1 rings (SSSR count). The number of halogens is 2. The summed E-state index contributed by atoms with van der Waals surface area (Å²) in [5.74, 6) is 0.167. The molecule has 0 amide bonds. The number of ketones is 1. The van der Waals surface area contributed by atoms with Gasteiger partial charge in [-0.3, -0.25) is 0 Å². The van der Waals surface area contributed by atoms with Crippen molar-refractivity contribution in [2.24, 2.45) is 0 Å². The van der Waals surface area contributed by atoms with Gasteiger partial charge in [-0.05, 0) is 40.5 Å². The number of aliphatic hydroxyl groups is 1. The highest BCUT2D eigenvalue weighted by Gasteiger charge is 2.26. The topological polar surface area (TPSA) is 46.5 Å². The Balaban J connectivity index is -0.000000114. The van der Waals surface area contributed by atoms with E-state index < -0.39 is 0 Å². The Morgan fingerprint density at radius 1 is 1.43 bits per heavy atom. The lowest BCUT2D eigenvalue weighted by Crippen LogP contribution is -2.29. The Kier molecular flexibility index (Phi) is 28.8. The van der Waals surface area contributed by atoms with Gasteiger partial charge in [0, 0.05) is 23.7 Å². The summed E-state index contributed by atoms with van der Waals surface area (Å²) < 4.78 is 5.50. The molecule has 7 heteroatoms. The van der Waals surface area contributed by atoms with Crippen LogP contribution < -0.4 is 0 Å². The van der Waals surface area contributed by atoms with Crippen molar-refractivity contribution in [1.82, 2.24) is 0 Å². The first-order valence-corrected chi connectivity index (χ1v) is 9.68. The molecular formula is C16H36Cl2O3S2. The van der Waals surface area contributed by atoms with Gasteiger partial charge in [0.2, 0.25) is 0 Å². The Bertz CT molecular complexity index is 249. The van der Waals surface area contributed by atoms with Crippen LogP contribution in [-0.2, 0) is 9.53 Å². The molecule has 23 heavy (non-hydrogen) atoms. The largest absolute Gasteiger partial charge is 0.396 e. The van der Waals surface area contributed by atoms with Gasteiger partial charge in [0.25, 0.3) is 0 Å². The minimum Gasteiger partial charge on any atom is -0.396 e. The number of carbonyl (C=O) groups is 1. The van der Waals surface area contributed by atoms with Crippen molar-refractivity contribution in [1.29, 1.82) is 0 Å². The summed E-state index contributed by atoms with van der Waals surface area (Å²) in [5.41, 5.74) is 0. The standard InChI is InChI=1S/C7H14OS.C4H10OS.C3H6O.CH2Cl2.CH4/c1-6-4-5-8-7(2,3)9-6;1-4(6)2-3-5;1-3(2)4;2-1-3;/h6H,4-5H2,1-3H3;4-6H,2-3H2,1H3;1-2H3;1H2;1H4. The van der Waals surface area contributed by atoms with E-state index in [-0.39, 0.29) is 30.1 Å². The smallest absolute Gasteiger partial charge is 0.126 e. The number of thioether (sulfide) groups is 1. The fourth-order valence-corrected chi connectivity index (χ4v) is 2.68. The second-order valence-electron chi connectivity index (χ2n) is 5.34. The van der Waals surface area contributed by atoms with E-state index in [1.807, 2.05) is 18.7 Å². The summed E-state index contributed by atoms with van der Waals surface area (Å²) in [5, 5.41) is 9.50. The van der Waals surface area contributed by atoms with Gasteiger partial charge in [0.15, 0.2) is 0 Å². The molecule has 0 aromatic heterocycles. The fraction of sp³-hybridized carbons (Fsp3) is 0.938. The van der Waals surface area contributed by atoms with E-state index in [0.717, 1.165) is 18.3 Å². The van der Waals surface area contributed by atoms with Crippen molar-refractivity contribution in [3.05, 3.63) is 0 Å². The third-order valence-corrected chi connectivity index (χ3v) is 3.59. The van der Waals surface area contributed by atoms with Crippen LogP contribution in [0.2, 0.25) is 0 Å². The highest BCUT2D eigenvalue weighted by Crippen LogP contribution is 2.35. The number of alkyl halides is 2. The van der Waals surface area contributed by atoms with Crippen LogP contribution in [0.15, 0.2) is 0 Å². The molecule has 1 N–H and O–H groups in total. The molecule has 0 aromatic carbocycles. The van der Waals surface area contributed by atoms with Gasteiger partial charge in [-0.1, -0.05) is 21.3 Å². The number of ether oxygens (including phenoxy) is 1. The van der Waals surface area contributed by atoms with Crippen LogP contribution in [0.1, 0.15) is 61.8 Å². The maximum Gasteiger partial charge on any atom is 0.126 e. The molecule has 2 unspecified atom stereocenters. The molecule has 1 aliphatic heterocycles. The molecule has 0 radical (unpaired) electrons. The van der Waals surface area contributed by atoms with Gasteiger partial charge in [-0.2, -0.15) is 12.6 Å². The van der Waals surface area contributed by atoms with E-state index in [1.54, 1.807) is 0 Å². The highest BCUT2D eigenvalue weighted by molar-refractivity contribution is 8.01. The second kappa shape index (κ2) is 20.9. The van der Waals surface area contributed by atoms with Gasteiger partial charge in [-0.15, -0.1) is 35.0 Å². The van der Waals surface area contributed by atoms with E-state index in [1.165, 1.54) is 20.3 Å². The van der Waals surface area contributed by atoms with Crippen molar-refractivity contribution < 1.29 is 14.6 Å². The molecule has 0 aromatic rings. The van der Waals surface area contributed by atoms with Crippen LogP contribution in [0.3, 0.4) is 0 Å². The maximum atomic E-state index is 9.44. The molecular weight excluding hydrogens is 375 g/mol. The first-order chi connectivity index (χ1) is 10.0. The van der Waals surface area contributed by atoms with Crippen LogP contribution >= 0.6 is 47.6 Å². The minimum absolute atomic E-state index is 0.